The predicted octanol–water partition coefficient (Wildman–Crippen LogP) is -0.860. The summed E-state index contributed by atoms with van der Waals surface area (Å²) in [5.74, 6) is 0.259. The molecule has 0 radical (unpaired) electrons. The fraction of sp³-hybridized carbons (Fsp3) is 1.00. The summed E-state index contributed by atoms with van der Waals surface area (Å²) in [6.07, 6.45) is 1.44. The summed E-state index contributed by atoms with van der Waals surface area (Å²) in [6.45, 7) is 2.01. The van der Waals surface area contributed by atoms with Crippen LogP contribution in [0.5, 0.6) is 0 Å². The van der Waals surface area contributed by atoms with Crippen LogP contribution in [0.4, 0.5) is 0 Å². The van der Waals surface area contributed by atoms with E-state index in [0.29, 0.717) is 32.7 Å². The highest BCUT2D eigenvalue weighted by molar-refractivity contribution is 7.89. The van der Waals surface area contributed by atoms with Gasteiger partial charge in [0.2, 0.25) is 10.0 Å². The molecule has 6 heteroatoms. The van der Waals surface area contributed by atoms with Crippen LogP contribution in [0.2, 0.25) is 0 Å². The van der Waals surface area contributed by atoms with E-state index in [0.717, 1.165) is 6.42 Å². The minimum atomic E-state index is -3.07. The average Bonchev–Trinajstić information content (AvgIpc) is 2.71. The van der Waals surface area contributed by atoms with E-state index in [-0.39, 0.29) is 5.75 Å². The number of nitrogens with two attached hydrogens (primary N) is 1. The second-order valence-electron chi connectivity index (χ2n) is 3.97. The van der Waals surface area contributed by atoms with Gasteiger partial charge in [-0.1, -0.05) is 0 Å². The summed E-state index contributed by atoms with van der Waals surface area (Å²) in [5.41, 5.74) is 5.23. The van der Waals surface area contributed by atoms with Gasteiger partial charge in [-0.3, -0.25) is 0 Å². The molecule has 0 aromatic carbocycles. The fourth-order valence-corrected chi connectivity index (χ4v) is 4.16. The quantitative estimate of drug-likeness (QED) is 0.657. The first-order chi connectivity index (χ1) is 6.61. The molecule has 2 saturated heterocycles. The zero-order valence-corrected chi connectivity index (χ0v) is 8.92. The first-order valence-corrected chi connectivity index (χ1v) is 6.50. The largest absolute Gasteiger partial charge is 0.379 e. The molecule has 2 aliphatic heterocycles. The molecule has 0 spiro atoms. The van der Waals surface area contributed by atoms with Crippen LogP contribution in [-0.4, -0.2) is 50.3 Å². The smallest absolute Gasteiger partial charge is 0.214 e. The molecule has 2 aliphatic rings. The van der Waals surface area contributed by atoms with Crippen molar-refractivity contribution in [2.24, 2.45) is 5.73 Å². The van der Waals surface area contributed by atoms with Gasteiger partial charge in [0, 0.05) is 19.7 Å². The first-order valence-electron chi connectivity index (χ1n) is 4.89. The van der Waals surface area contributed by atoms with E-state index in [1.165, 1.54) is 0 Å². The zero-order chi connectivity index (χ0) is 10.2. The molecule has 0 bridgehead atoms. The lowest BCUT2D eigenvalue weighted by atomic mass is 9.99. The van der Waals surface area contributed by atoms with Gasteiger partial charge in [0.25, 0.3) is 0 Å². The zero-order valence-electron chi connectivity index (χ0n) is 8.11. The lowest BCUT2D eigenvalue weighted by Crippen LogP contribution is -2.55. The van der Waals surface area contributed by atoms with Crippen LogP contribution >= 0.6 is 0 Å². The van der Waals surface area contributed by atoms with Gasteiger partial charge in [-0.2, -0.15) is 4.31 Å². The Bertz CT molecular complexity index is 309. The Hall–Kier alpha value is -0.170. The van der Waals surface area contributed by atoms with Gasteiger partial charge in [0.1, 0.15) is 0 Å². The van der Waals surface area contributed by atoms with Gasteiger partial charge in [-0.05, 0) is 12.8 Å². The van der Waals surface area contributed by atoms with Crippen LogP contribution in [0.15, 0.2) is 0 Å². The van der Waals surface area contributed by atoms with Crippen molar-refractivity contribution in [3.8, 4) is 0 Å². The Morgan fingerprint density at radius 2 is 2.29 bits per heavy atom. The van der Waals surface area contributed by atoms with Crippen molar-refractivity contribution >= 4 is 10.0 Å². The first kappa shape index (κ1) is 10.4. The Labute approximate surface area is 84.3 Å². The van der Waals surface area contributed by atoms with Crippen LogP contribution in [0.3, 0.4) is 0 Å². The summed E-state index contributed by atoms with van der Waals surface area (Å²) in [5, 5.41) is 0. The fourth-order valence-electron chi connectivity index (χ4n) is 2.23. The Kier molecular flexibility index (Phi) is 2.55. The molecule has 1 atom stereocenters. The molecule has 0 aliphatic carbocycles. The van der Waals surface area contributed by atoms with Crippen LogP contribution in [0.1, 0.15) is 12.8 Å². The van der Waals surface area contributed by atoms with Crippen LogP contribution in [0, 0.1) is 0 Å². The Morgan fingerprint density at radius 3 is 2.71 bits per heavy atom. The number of ether oxygens (including phenoxy) is 1. The van der Waals surface area contributed by atoms with Gasteiger partial charge in [-0.25, -0.2) is 8.42 Å². The number of sulfonamides is 1. The summed E-state index contributed by atoms with van der Waals surface area (Å²) in [4.78, 5) is 0. The molecule has 2 heterocycles. The molecular weight excluding hydrogens is 204 g/mol. The highest BCUT2D eigenvalue weighted by Gasteiger charge is 2.47. The van der Waals surface area contributed by atoms with Crippen LogP contribution < -0.4 is 5.73 Å². The average molecular weight is 220 g/mol. The second-order valence-corrected chi connectivity index (χ2v) is 5.99. The van der Waals surface area contributed by atoms with Gasteiger partial charge in [0.05, 0.1) is 17.9 Å². The van der Waals surface area contributed by atoms with Crippen molar-refractivity contribution in [2.75, 3.05) is 32.1 Å². The third kappa shape index (κ3) is 1.46. The predicted molar refractivity (Wildman–Crippen MR) is 52.3 cm³/mol. The molecule has 5 nitrogen and oxygen atoms in total. The van der Waals surface area contributed by atoms with Crippen molar-refractivity contribution in [1.29, 1.82) is 0 Å². The monoisotopic (exact) mass is 220 g/mol. The third-order valence-electron chi connectivity index (χ3n) is 3.09. The number of hydrogen-bond acceptors (Lipinski definition) is 4. The van der Waals surface area contributed by atoms with Crippen molar-refractivity contribution in [1.82, 2.24) is 4.31 Å². The molecule has 82 valence electrons. The number of nitrogens with zero attached hydrogens (tertiary/aromatic N) is 1. The van der Waals surface area contributed by atoms with Gasteiger partial charge < -0.3 is 10.5 Å². The summed E-state index contributed by atoms with van der Waals surface area (Å²) in [7, 11) is -3.07. The van der Waals surface area contributed by atoms with E-state index in [2.05, 4.69) is 0 Å². The van der Waals surface area contributed by atoms with Crippen LogP contribution in [-0.2, 0) is 14.8 Å². The molecule has 2 N–H and O–H groups in total. The summed E-state index contributed by atoms with van der Waals surface area (Å²) in [6, 6.07) is 0. The normalized spacial score (nSPS) is 37.8. The minimum absolute atomic E-state index is 0.259. The molecule has 0 aromatic heterocycles. The van der Waals surface area contributed by atoms with E-state index >= 15 is 0 Å². The Morgan fingerprint density at radius 1 is 1.50 bits per heavy atom. The standard InChI is InChI=1S/C8H16N2O3S/c9-6-8(2-4-13-7-8)10-3-1-5-14(10,11)12/h1-7,9H2. The van der Waals surface area contributed by atoms with Crippen molar-refractivity contribution in [3.05, 3.63) is 0 Å². The van der Waals surface area contributed by atoms with Gasteiger partial charge in [-0.15, -0.1) is 0 Å². The number of rotatable bonds is 2. The highest BCUT2D eigenvalue weighted by Crippen LogP contribution is 2.31. The van der Waals surface area contributed by atoms with Crippen molar-refractivity contribution in [2.45, 2.75) is 18.4 Å². The molecule has 0 saturated carbocycles. The van der Waals surface area contributed by atoms with E-state index in [9.17, 15) is 8.42 Å². The van der Waals surface area contributed by atoms with Crippen LogP contribution in [0.25, 0.3) is 0 Å². The maximum Gasteiger partial charge on any atom is 0.214 e. The maximum absolute atomic E-state index is 11.7. The molecule has 0 amide bonds. The van der Waals surface area contributed by atoms with Gasteiger partial charge in [0.15, 0.2) is 0 Å². The van der Waals surface area contributed by atoms with Crippen molar-refractivity contribution in [3.63, 3.8) is 0 Å². The Balaban J connectivity index is 2.28. The molecule has 2 fully saturated rings. The summed E-state index contributed by atoms with van der Waals surface area (Å²) >= 11 is 0. The SMILES string of the molecule is NCC1(N2CCCS2(=O)=O)CCOC1. The van der Waals surface area contributed by atoms with Gasteiger partial charge >= 0.3 is 0 Å². The molecule has 1 unspecified atom stereocenters. The molecule has 14 heavy (non-hydrogen) atoms. The summed E-state index contributed by atoms with van der Waals surface area (Å²) < 4.78 is 30.3. The molecular formula is C8H16N2O3S. The molecule has 0 aromatic rings. The maximum atomic E-state index is 11.7. The highest BCUT2D eigenvalue weighted by atomic mass is 32.2. The molecule has 2 rings (SSSR count). The van der Waals surface area contributed by atoms with E-state index in [4.69, 9.17) is 10.5 Å². The number of hydrogen-bond donors (Lipinski definition) is 1. The topological polar surface area (TPSA) is 72.6 Å². The lowest BCUT2D eigenvalue weighted by molar-refractivity contribution is 0.135. The van der Waals surface area contributed by atoms with E-state index < -0.39 is 15.6 Å². The van der Waals surface area contributed by atoms with Crippen molar-refractivity contribution < 1.29 is 13.2 Å². The van der Waals surface area contributed by atoms with E-state index in [1.54, 1.807) is 4.31 Å². The third-order valence-corrected chi connectivity index (χ3v) is 5.14. The lowest BCUT2D eigenvalue weighted by Gasteiger charge is -2.34. The second kappa shape index (κ2) is 3.44. The van der Waals surface area contributed by atoms with E-state index in [1.807, 2.05) is 0 Å². The minimum Gasteiger partial charge on any atom is -0.379 e.